The van der Waals surface area contributed by atoms with E-state index in [0.29, 0.717) is 5.75 Å². The van der Waals surface area contributed by atoms with E-state index >= 15 is 0 Å². The second kappa shape index (κ2) is 9.93. The highest BCUT2D eigenvalue weighted by Gasteiger charge is 2.52. The summed E-state index contributed by atoms with van der Waals surface area (Å²) in [6.07, 6.45) is 0. The van der Waals surface area contributed by atoms with Crippen molar-refractivity contribution in [2.24, 2.45) is 5.16 Å². The van der Waals surface area contributed by atoms with E-state index in [9.17, 15) is 27.6 Å². The molecule has 182 valence electrons. The van der Waals surface area contributed by atoms with E-state index in [1.807, 2.05) is 0 Å². The molecule has 0 aromatic carbocycles. The molecule has 2 amide bonds. The topological polar surface area (TPSA) is 202 Å². The minimum absolute atomic E-state index is 0.0881. The Hall–Kier alpha value is -2.90. The van der Waals surface area contributed by atoms with Crippen LogP contribution in [0.25, 0.3) is 0 Å². The zero-order chi connectivity index (χ0) is 25.1. The molecule has 0 spiro atoms. The number of anilines is 1. The summed E-state index contributed by atoms with van der Waals surface area (Å²) < 4.78 is 57.5. The van der Waals surface area contributed by atoms with E-state index in [1.165, 1.54) is 29.2 Å². The molecule has 19 heteroatoms. The summed E-state index contributed by atoms with van der Waals surface area (Å²) in [5.74, 6) is -1.84. The number of hydrogen-bond acceptors (Lipinski definition) is 11. The molecule has 5 N–H and O–H groups in total. The normalized spacial score (nSPS) is 20.5. The number of aromatic nitrogens is 1. The molecular weight excluding hydrogens is 519 g/mol. The number of nitrogens with zero attached hydrogens (tertiary/aromatic N) is 3. The Morgan fingerprint density at radius 3 is 2.48 bits per heavy atom. The number of amides is 2. The standard InChI is InChI=1S/C13H13N5O5S2.CHF3O3S/c1-23-17-8(5-2-25-13(14)15-5)10(19)16-9-6-3-24-4-7(12(21)22)18(6)11(9)20;2-1(3,4)8(5,6)7/h2,4,6,9H,3H2,1H3,(H2,14,15)(H,16,19)(H,21,22);(H,5,6,7). The number of nitrogen functional groups attached to an aromatic ring is 1. The molecule has 3 heterocycles. The largest absolute Gasteiger partial charge is 0.522 e. The van der Waals surface area contributed by atoms with Crippen molar-refractivity contribution >= 4 is 61.8 Å². The van der Waals surface area contributed by atoms with Gasteiger partial charge in [-0.05, 0) is 0 Å². The minimum Gasteiger partial charge on any atom is -0.477 e. The Bertz CT molecular complexity index is 1120. The van der Waals surface area contributed by atoms with Crippen molar-refractivity contribution in [2.75, 3.05) is 18.6 Å². The van der Waals surface area contributed by atoms with Crippen LogP contribution in [0, 0.1) is 0 Å². The minimum atomic E-state index is -5.84. The third-order valence-electron chi connectivity index (χ3n) is 3.90. The molecule has 1 aromatic rings. The van der Waals surface area contributed by atoms with Gasteiger partial charge in [-0.15, -0.1) is 23.1 Å². The summed E-state index contributed by atoms with van der Waals surface area (Å²) in [6, 6.07) is -1.26. The number of oxime groups is 1. The van der Waals surface area contributed by atoms with Crippen molar-refractivity contribution in [1.29, 1.82) is 0 Å². The van der Waals surface area contributed by atoms with Gasteiger partial charge in [-0.25, -0.2) is 9.78 Å². The maximum Gasteiger partial charge on any atom is 0.522 e. The van der Waals surface area contributed by atoms with Gasteiger partial charge in [0.2, 0.25) is 0 Å². The highest BCUT2D eigenvalue weighted by atomic mass is 32.2. The van der Waals surface area contributed by atoms with Crippen molar-refractivity contribution < 1.29 is 50.5 Å². The first-order valence-electron chi connectivity index (χ1n) is 8.24. The molecule has 0 bridgehead atoms. The summed E-state index contributed by atoms with van der Waals surface area (Å²) in [7, 11) is -4.56. The van der Waals surface area contributed by atoms with Crippen LogP contribution in [-0.4, -0.2) is 81.9 Å². The molecule has 33 heavy (non-hydrogen) atoms. The van der Waals surface area contributed by atoms with Gasteiger partial charge in [-0.1, -0.05) is 5.16 Å². The van der Waals surface area contributed by atoms with Crippen LogP contribution in [0.4, 0.5) is 18.3 Å². The van der Waals surface area contributed by atoms with E-state index in [2.05, 4.69) is 20.3 Å². The van der Waals surface area contributed by atoms with Gasteiger partial charge < -0.3 is 21.0 Å². The number of nitrogens with two attached hydrogens (primary N) is 1. The summed E-state index contributed by atoms with van der Waals surface area (Å²) in [5.41, 5.74) is 0.0553. The van der Waals surface area contributed by atoms with Gasteiger partial charge in [0.15, 0.2) is 10.8 Å². The predicted molar refractivity (Wildman–Crippen MR) is 108 cm³/mol. The molecule has 2 unspecified atom stereocenters. The Morgan fingerprint density at radius 1 is 1.42 bits per heavy atom. The van der Waals surface area contributed by atoms with Crippen molar-refractivity contribution in [3.63, 3.8) is 0 Å². The van der Waals surface area contributed by atoms with Crippen LogP contribution < -0.4 is 11.1 Å². The molecule has 2 atom stereocenters. The fourth-order valence-corrected chi connectivity index (χ4v) is 4.06. The molecule has 1 saturated heterocycles. The van der Waals surface area contributed by atoms with Crippen LogP contribution >= 0.6 is 23.1 Å². The van der Waals surface area contributed by atoms with Crippen LogP contribution in [0.3, 0.4) is 0 Å². The summed E-state index contributed by atoms with van der Waals surface area (Å²) in [4.78, 5) is 45.7. The average molecular weight is 533 g/mol. The summed E-state index contributed by atoms with van der Waals surface area (Å²) in [5, 5.41) is 18.6. The molecule has 0 radical (unpaired) electrons. The third-order valence-corrected chi connectivity index (χ3v) is 6.08. The number of alkyl halides is 3. The molecule has 13 nitrogen and oxygen atoms in total. The zero-order valence-corrected chi connectivity index (χ0v) is 18.6. The van der Waals surface area contributed by atoms with Crippen molar-refractivity contribution in [3.05, 3.63) is 22.2 Å². The van der Waals surface area contributed by atoms with Gasteiger partial charge in [0.1, 0.15) is 24.5 Å². The highest BCUT2D eigenvalue weighted by molar-refractivity contribution is 8.02. The van der Waals surface area contributed by atoms with Gasteiger partial charge in [-0.3, -0.25) is 19.0 Å². The Labute approximate surface area is 191 Å². The van der Waals surface area contributed by atoms with Crippen LogP contribution in [0.1, 0.15) is 5.69 Å². The maximum absolute atomic E-state index is 12.5. The van der Waals surface area contributed by atoms with Crippen molar-refractivity contribution in [2.45, 2.75) is 17.6 Å². The van der Waals surface area contributed by atoms with Crippen LogP contribution in [-0.2, 0) is 29.3 Å². The molecule has 1 aromatic heterocycles. The zero-order valence-electron chi connectivity index (χ0n) is 16.1. The number of carbonyl (C=O) groups is 3. The third kappa shape index (κ3) is 5.92. The lowest BCUT2D eigenvalue weighted by Gasteiger charge is -2.48. The molecule has 2 aliphatic rings. The fourth-order valence-electron chi connectivity index (χ4n) is 2.51. The molecule has 3 rings (SSSR count). The average Bonchev–Trinajstić information content (AvgIpc) is 3.14. The van der Waals surface area contributed by atoms with Crippen LogP contribution in [0.5, 0.6) is 0 Å². The van der Waals surface area contributed by atoms with Gasteiger partial charge in [0.25, 0.3) is 11.8 Å². The number of thiazole rings is 1. The summed E-state index contributed by atoms with van der Waals surface area (Å²) >= 11 is 2.41. The molecule has 2 aliphatic heterocycles. The second-order valence-electron chi connectivity index (χ2n) is 5.98. The number of carboxylic acids is 1. The number of carbonyl (C=O) groups excluding carboxylic acids is 2. The SMILES string of the molecule is CON=C(C(=O)NC1C(=O)N2C(C(=O)O)=CSCC12)c1csc(N)n1.O=S(=O)(O)C(F)(F)F. The first-order chi connectivity index (χ1) is 15.2. The lowest BCUT2D eigenvalue weighted by Crippen LogP contribution is -2.72. The van der Waals surface area contributed by atoms with Gasteiger partial charge in [-0.2, -0.15) is 21.6 Å². The van der Waals surface area contributed by atoms with Gasteiger partial charge in [0.05, 0.1) is 6.04 Å². The first kappa shape index (κ1) is 26.4. The number of β-lactam (4-membered cyclic amide) rings is 1. The van der Waals surface area contributed by atoms with E-state index < -0.39 is 45.5 Å². The number of rotatable bonds is 5. The van der Waals surface area contributed by atoms with Crippen molar-refractivity contribution in [1.82, 2.24) is 15.2 Å². The van der Waals surface area contributed by atoms with Crippen LogP contribution in [0.2, 0.25) is 0 Å². The number of nitrogens with one attached hydrogen (secondary N) is 1. The van der Waals surface area contributed by atoms with E-state index in [4.69, 9.17) is 23.8 Å². The summed E-state index contributed by atoms with van der Waals surface area (Å²) in [6.45, 7) is 0. The van der Waals surface area contributed by atoms with E-state index in [-0.39, 0.29) is 22.2 Å². The van der Waals surface area contributed by atoms with Gasteiger partial charge in [0, 0.05) is 16.5 Å². The predicted octanol–water partition coefficient (Wildman–Crippen LogP) is -0.162. The number of fused-ring (bicyclic) bond motifs is 1. The Morgan fingerprint density at radius 2 is 2.03 bits per heavy atom. The molecule has 0 aliphatic carbocycles. The smallest absolute Gasteiger partial charge is 0.477 e. The molecule has 1 fully saturated rings. The Kier molecular flexibility index (Phi) is 7.93. The number of halogens is 3. The first-order valence-corrected chi connectivity index (χ1v) is 11.6. The second-order valence-corrected chi connectivity index (χ2v) is 9.19. The highest BCUT2D eigenvalue weighted by Crippen LogP contribution is 2.34. The van der Waals surface area contributed by atoms with Gasteiger partial charge >= 0.3 is 21.6 Å². The quantitative estimate of drug-likeness (QED) is 0.129. The maximum atomic E-state index is 12.5. The lowest BCUT2D eigenvalue weighted by atomic mass is 9.95. The van der Waals surface area contributed by atoms with E-state index in [0.717, 1.165) is 11.3 Å². The number of thioether (sulfide) groups is 1. The van der Waals surface area contributed by atoms with E-state index in [1.54, 1.807) is 5.38 Å². The fraction of sp³-hybridized carbons (Fsp3) is 0.357. The lowest BCUT2D eigenvalue weighted by molar-refractivity contribution is -0.153. The molecular formula is C14H14F3N5O8S3. The Balaban J connectivity index is 0.000000414. The molecule has 0 saturated carbocycles. The van der Waals surface area contributed by atoms with Crippen LogP contribution in [0.15, 0.2) is 21.6 Å². The number of hydrogen-bond donors (Lipinski definition) is 4. The number of aliphatic carboxylic acids is 1. The number of carboxylic acid groups (broad SMARTS) is 1. The van der Waals surface area contributed by atoms with Crippen molar-refractivity contribution in [3.8, 4) is 0 Å². The monoisotopic (exact) mass is 533 g/mol.